The molecule has 1 aromatic heterocycles. The summed E-state index contributed by atoms with van der Waals surface area (Å²) in [6.45, 7) is 21.6. The quantitative estimate of drug-likeness (QED) is 0.176. The molecule has 1 saturated heterocycles. The summed E-state index contributed by atoms with van der Waals surface area (Å²) in [5.74, 6) is 0.444. The highest BCUT2D eigenvalue weighted by Crippen LogP contribution is 2.47. The van der Waals surface area contributed by atoms with E-state index in [0.29, 0.717) is 25.2 Å². The van der Waals surface area contributed by atoms with Gasteiger partial charge < -0.3 is 37.4 Å². The second kappa shape index (κ2) is 16.7. The lowest BCUT2D eigenvalue weighted by atomic mass is 9.80. The van der Waals surface area contributed by atoms with Crippen molar-refractivity contribution in [2.45, 2.75) is 172 Å². The molecular formula is C38H62O9Si2. The van der Waals surface area contributed by atoms with Crippen LogP contribution in [0.25, 0.3) is 0 Å². The van der Waals surface area contributed by atoms with Crippen molar-refractivity contribution in [1.29, 1.82) is 0 Å². The van der Waals surface area contributed by atoms with Crippen molar-refractivity contribution in [3.8, 4) is 0 Å². The van der Waals surface area contributed by atoms with Crippen molar-refractivity contribution in [2.24, 2.45) is 0 Å². The summed E-state index contributed by atoms with van der Waals surface area (Å²) in [5.41, 5.74) is 0.765. The maximum atomic E-state index is 13.7. The predicted molar refractivity (Wildman–Crippen MR) is 195 cm³/mol. The first kappa shape index (κ1) is 39.9. The van der Waals surface area contributed by atoms with Crippen LogP contribution in [0.1, 0.15) is 112 Å². The maximum Gasteiger partial charge on any atom is 0.343 e. The largest absolute Gasteiger partial charge is 0.463 e. The van der Waals surface area contributed by atoms with E-state index in [1.54, 1.807) is 0 Å². The van der Waals surface area contributed by atoms with Gasteiger partial charge in [0.1, 0.15) is 23.7 Å². The lowest BCUT2D eigenvalue weighted by Crippen LogP contribution is -2.61. The van der Waals surface area contributed by atoms with Gasteiger partial charge in [0.2, 0.25) is 0 Å². The third-order valence-corrected chi connectivity index (χ3v) is 20.4. The molecule has 2 aliphatic heterocycles. The van der Waals surface area contributed by atoms with Crippen LogP contribution >= 0.6 is 0 Å². The third-order valence-electron chi connectivity index (χ3n) is 11.2. The predicted octanol–water partition coefficient (Wildman–Crippen LogP) is 8.09. The average molecular weight is 719 g/mol. The molecule has 2 aliphatic rings. The monoisotopic (exact) mass is 718 g/mol. The fraction of sp³-hybridized carbons (Fsp3) is 0.711. The van der Waals surface area contributed by atoms with Gasteiger partial charge in [0.15, 0.2) is 14.4 Å². The summed E-state index contributed by atoms with van der Waals surface area (Å²) in [5, 5.41) is 22.6. The Morgan fingerprint density at radius 3 is 2.12 bits per heavy atom. The van der Waals surface area contributed by atoms with Gasteiger partial charge in [-0.05, 0) is 60.3 Å². The topological polar surface area (TPSA) is 117 Å². The van der Waals surface area contributed by atoms with E-state index in [9.17, 15) is 15.0 Å². The number of esters is 1. The molecule has 4 bridgehead atoms. The Morgan fingerprint density at radius 1 is 0.898 bits per heavy atom. The van der Waals surface area contributed by atoms with Gasteiger partial charge in [-0.15, -0.1) is 0 Å². The summed E-state index contributed by atoms with van der Waals surface area (Å²) in [6.07, 6.45) is -4.81. The fourth-order valence-electron chi connectivity index (χ4n) is 7.43. The van der Waals surface area contributed by atoms with Crippen LogP contribution in [0.15, 0.2) is 46.9 Å². The molecule has 2 aromatic rings. The zero-order valence-electron chi connectivity index (χ0n) is 31.4. The molecule has 276 valence electrons. The lowest BCUT2D eigenvalue weighted by molar-refractivity contribution is -0.177. The van der Waals surface area contributed by atoms with Gasteiger partial charge in [-0.2, -0.15) is 0 Å². The first-order valence-electron chi connectivity index (χ1n) is 18.5. The van der Waals surface area contributed by atoms with E-state index in [4.69, 9.17) is 27.2 Å². The molecule has 1 fully saturated rings. The zero-order chi connectivity index (χ0) is 36.1. The number of benzene rings is 1. The van der Waals surface area contributed by atoms with Gasteiger partial charge >= 0.3 is 14.5 Å². The summed E-state index contributed by atoms with van der Waals surface area (Å²) in [6, 6.07) is 16.4. The van der Waals surface area contributed by atoms with Crippen LogP contribution in [0.5, 0.6) is 0 Å². The molecule has 0 radical (unpaired) electrons. The van der Waals surface area contributed by atoms with Gasteiger partial charge in [-0.3, -0.25) is 0 Å². The summed E-state index contributed by atoms with van der Waals surface area (Å²) in [7, 11) is -5.03. The Bertz CT molecular complexity index is 1310. The molecule has 0 spiro atoms. The molecule has 0 unspecified atom stereocenters. The van der Waals surface area contributed by atoms with Crippen molar-refractivity contribution in [1.82, 2.24) is 0 Å². The molecule has 0 amide bonds. The molecule has 9 nitrogen and oxygen atoms in total. The fourth-order valence-corrected chi connectivity index (χ4v) is 14.3. The van der Waals surface area contributed by atoms with Crippen LogP contribution in [0.3, 0.4) is 0 Å². The molecule has 1 aromatic carbocycles. The molecule has 0 saturated carbocycles. The van der Waals surface area contributed by atoms with Crippen molar-refractivity contribution < 1.29 is 42.2 Å². The molecule has 4 rings (SSSR count). The van der Waals surface area contributed by atoms with E-state index in [1.807, 2.05) is 49.4 Å². The third kappa shape index (κ3) is 8.97. The SMILES string of the molecule is CC[Si](CC)(CC)O[C@H]1C[C@@H](O)[C@H](O)C(=O)O[C@H]([C@H](C)OCc2ccccc2)C[C@@H]2C[C@H](O[Si](C(C)C)(C(C)C)O2)C(C)(C)c2ccc1o2. The van der Waals surface area contributed by atoms with Crippen molar-refractivity contribution in [3.05, 3.63) is 59.5 Å². The molecule has 0 aliphatic carbocycles. The van der Waals surface area contributed by atoms with Crippen LogP contribution in [0.2, 0.25) is 29.2 Å². The number of cyclic esters (lactones) is 1. The summed E-state index contributed by atoms with van der Waals surface area (Å²) in [4.78, 5) is 13.7. The number of carbonyl (C=O) groups excluding carboxylic acids is 1. The van der Waals surface area contributed by atoms with E-state index < -0.39 is 58.8 Å². The summed E-state index contributed by atoms with van der Waals surface area (Å²) < 4.78 is 40.1. The normalized spacial score (nSPS) is 28.5. The number of rotatable bonds is 11. The Kier molecular flexibility index (Phi) is 13.6. The van der Waals surface area contributed by atoms with Crippen LogP contribution in [0, 0.1) is 0 Å². The highest BCUT2D eigenvalue weighted by atomic mass is 28.4. The van der Waals surface area contributed by atoms with E-state index in [2.05, 4.69) is 62.3 Å². The number of fused-ring (bicyclic) bond motifs is 4. The van der Waals surface area contributed by atoms with Crippen LogP contribution < -0.4 is 0 Å². The summed E-state index contributed by atoms with van der Waals surface area (Å²) >= 11 is 0. The van der Waals surface area contributed by atoms with Gasteiger partial charge in [0.25, 0.3) is 0 Å². The number of hydrogen-bond donors (Lipinski definition) is 2. The Morgan fingerprint density at radius 2 is 1.53 bits per heavy atom. The zero-order valence-corrected chi connectivity index (χ0v) is 33.4. The molecule has 11 heteroatoms. The minimum atomic E-state index is -2.83. The van der Waals surface area contributed by atoms with Crippen LogP contribution in [-0.4, -0.2) is 69.7 Å². The van der Waals surface area contributed by atoms with E-state index >= 15 is 0 Å². The minimum Gasteiger partial charge on any atom is -0.463 e. The van der Waals surface area contributed by atoms with Crippen LogP contribution in [0.4, 0.5) is 0 Å². The van der Waals surface area contributed by atoms with E-state index in [0.717, 1.165) is 29.5 Å². The van der Waals surface area contributed by atoms with E-state index in [-0.39, 0.29) is 29.7 Å². The van der Waals surface area contributed by atoms with Gasteiger partial charge in [0.05, 0.1) is 31.0 Å². The van der Waals surface area contributed by atoms with Crippen molar-refractivity contribution >= 4 is 22.8 Å². The second-order valence-corrected chi connectivity index (χ2v) is 24.3. The average Bonchev–Trinajstić information content (AvgIpc) is 3.59. The van der Waals surface area contributed by atoms with E-state index in [1.165, 1.54) is 0 Å². The van der Waals surface area contributed by atoms with Crippen molar-refractivity contribution in [2.75, 3.05) is 0 Å². The number of hydrogen-bond acceptors (Lipinski definition) is 9. The van der Waals surface area contributed by atoms with Gasteiger partial charge in [0, 0.05) is 18.3 Å². The highest BCUT2D eigenvalue weighted by molar-refractivity contribution is 6.73. The molecule has 49 heavy (non-hydrogen) atoms. The number of ether oxygens (including phenoxy) is 2. The van der Waals surface area contributed by atoms with Crippen LogP contribution in [-0.2, 0) is 39.6 Å². The minimum absolute atomic E-state index is 0.0223. The lowest BCUT2D eigenvalue weighted by Gasteiger charge is -2.51. The Hall–Kier alpha value is -1.84. The Labute approximate surface area is 296 Å². The van der Waals surface area contributed by atoms with Gasteiger partial charge in [-0.1, -0.05) is 92.6 Å². The molecule has 7 atom stereocenters. The second-order valence-electron chi connectivity index (χ2n) is 15.3. The molecule has 3 heterocycles. The molecular weight excluding hydrogens is 657 g/mol. The molecule has 2 N–H and O–H groups in total. The Balaban J connectivity index is 1.79. The van der Waals surface area contributed by atoms with Crippen molar-refractivity contribution in [3.63, 3.8) is 0 Å². The maximum absolute atomic E-state index is 13.7. The van der Waals surface area contributed by atoms with Gasteiger partial charge in [-0.25, -0.2) is 4.79 Å². The standard InChI is InChI=1S/C38H62O9Si2/c1-11-48(12-2,13-3)46-33-23-30(39)36(40)37(41)44-32(27(8)42-24-28-17-15-14-16-18-28)21-29-22-35(38(9,10)34-20-19-31(33)43-34)47-49(45-29,25(4)5)26(6)7/h14-20,25-27,29-30,32-33,35-36,39-40H,11-13,21-24H2,1-10H3/t27-,29+,30+,32-,33-,35-,36-/m0/s1. The highest BCUT2D eigenvalue weighted by Gasteiger charge is 2.55. The number of carbonyl (C=O) groups is 1. The number of aliphatic hydroxyl groups is 2. The number of furan rings is 1. The number of aliphatic hydroxyl groups excluding tert-OH is 2. The first-order valence-corrected chi connectivity index (χ1v) is 23.0. The smallest absolute Gasteiger partial charge is 0.343 e. The first-order chi connectivity index (χ1) is 23.1.